The first-order chi connectivity index (χ1) is 14.9. The van der Waals surface area contributed by atoms with Gasteiger partial charge in [-0.25, -0.2) is 8.42 Å². The minimum atomic E-state index is -3.65. The molecule has 7 nitrogen and oxygen atoms in total. The van der Waals surface area contributed by atoms with Crippen molar-refractivity contribution in [1.82, 2.24) is 5.32 Å². The van der Waals surface area contributed by atoms with E-state index >= 15 is 0 Å². The monoisotopic (exact) mass is 440 g/mol. The summed E-state index contributed by atoms with van der Waals surface area (Å²) in [7, 11) is -0.583. The molecule has 0 unspecified atom stereocenters. The predicted octanol–water partition coefficient (Wildman–Crippen LogP) is 3.22. The average molecular weight is 441 g/mol. The van der Waals surface area contributed by atoms with E-state index in [1.54, 1.807) is 61.7 Å². The molecule has 3 aromatic rings. The van der Waals surface area contributed by atoms with Crippen LogP contribution in [0.2, 0.25) is 0 Å². The Morgan fingerprint density at radius 1 is 0.935 bits per heavy atom. The number of carbonyl (C=O) groups is 1. The molecule has 3 aromatic carbocycles. The van der Waals surface area contributed by atoms with Crippen LogP contribution in [0.1, 0.15) is 5.56 Å². The lowest BCUT2D eigenvalue weighted by atomic mass is 10.2. The molecule has 1 amide bonds. The van der Waals surface area contributed by atoms with Crippen LogP contribution in [0.3, 0.4) is 0 Å². The summed E-state index contributed by atoms with van der Waals surface area (Å²) < 4.78 is 37.4. The van der Waals surface area contributed by atoms with E-state index in [1.165, 1.54) is 11.4 Å². The molecule has 0 fully saturated rings. The molecule has 0 saturated carbocycles. The topological polar surface area (TPSA) is 84.9 Å². The van der Waals surface area contributed by atoms with E-state index in [2.05, 4.69) is 5.32 Å². The molecule has 0 heterocycles. The fraction of sp³-hybridized carbons (Fsp3) is 0.174. The lowest BCUT2D eigenvalue weighted by Crippen LogP contribution is -2.28. The quantitative estimate of drug-likeness (QED) is 0.552. The Morgan fingerprint density at radius 2 is 1.58 bits per heavy atom. The van der Waals surface area contributed by atoms with Crippen molar-refractivity contribution < 1.29 is 22.7 Å². The highest BCUT2D eigenvalue weighted by Crippen LogP contribution is 2.24. The summed E-state index contributed by atoms with van der Waals surface area (Å²) in [5, 5.41) is 2.78. The number of sulfonamides is 1. The van der Waals surface area contributed by atoms with Gasteiger partial charge in [0.2, 0.25) is 0 Å². The zero-order valence-corrected chi connectivity index (χ0v) is 18.1. The van der Waals surface area contributed by atoms with Gasteiger partial charge in [0.25, 0.3) is 15.9 Å². The number of methoxy groups -OCH3 is 1. The molecule has 8 heteroatoms. The molecule has 0 aliphatic heterocycles. The Kier molecular flexibility index (Phi) is 7.15. The van der Waals surface area contributed by atoms with E-state index in [-0.39, 0.29) is 17.4 Å². The standard InChI is InChI=1S/C23H24N2O5S/c1-25(31(27,28)21-9-4-3-5-10-21)19-12-14-20(15-13-19)30-17-23(26)24-16-18-8-6-7-11-22(18)29-2/h3-15H,16-17H2,1-2H3,(H,24,26). The maximum Gasteiger partial charge on any atom is 0.264 e. The van der Waals surface area contributed by atoms with Gasteiger partial charge in [-0.1, -0.05) is 36.4 Å². The predicted molar refractivity (Wildman–Crippen MR) is 119 cm³/mol. The molecule has 1 N–H and O–H groups in total. The van der Waals surface area contributed by atoms with Gasteiger partial charge in [0.15, 0.2) is 6.61 Å². The van der Waals surface area contributed by atoms with Crippen LogP contribution in [0.5, 0.6) is 11.5 Å². The molecule has 162 valence electrons. The molecule has 31 heavy (non-hydrogen) atoms. The smallest absolute Gasteiger partial charge is 0.264 e. The fourth-order valence-electron chi connectivity index (χ4n) is 2.88. The second-order valence-corrected chi connectivity index (χ2v) is 8.63. The van der Waals surface area contributed by atoms with Gasteiger partial charge < -0.3 is 14.8 Å². The Morgan fingerprint density at radius 3 is 2.26 bits per heavy atom. The van der Waals surface area contributed by atoms with Crippen LogP contribution in [0.4, 0.5) is 5.69 Å². The molecule has 0 atom stereocenters. The highest BCUT2D eigenvalue weighted by atomic mass is 32.2. The van der Waals surface area contributed by atoms with Crippen molar-refractivity contribution >= 4 is 21.6 Å². The SMILES string of the molecule is COc1ccccc1CNC(=O)COc1ccc(N(C)S(=O)(=O)c2ccccc2)cc1. The number of ether oxygens (including phenoxy) is 2. The second-order valence-electron chi connectivity index (χ2n) is 6.66. The van der Waals surface area contributed by atoms with Crippen molar-refractivity contribution in [2.45, 2.75) is 11.4 Å². The van der Waals surface area contributed by atoms with E-state index in [4.69, 9.17) is 9.47 Å². The van der Waals surface area contributed by atoms with Crippen LogP contribution < -0.4 is 19.1 Å². The number of carbonyl (C=O) groups excluding carboxylic acids is 1. The van der Waals surface area contributed by atoms with Crippen LogP contribution in [0.25, 0.3) is 0 Å². The molecule has 0 radical (unpaired) electrons. The number of para-hydroxylation sites is 1. The summed E-state index contributed by atoms with van der Waals surface area (Å²) >= 11 is 0. The maximum atomic E-state index is 12.7. The summed E-state index contributed by atoms with van der Waals surface area (Å²) in [4.78, 5) is 12.3. The molecule has 0 spiro atoms. The Hall–Kier alpha value is -3.52. The normalized spacial score (nSPS) is 10.9. The summed E-state index contributed by atoms with van der Waals surface area (Å²) in [5.74, 6) is 0.884. The summed E-state index contributed by atoms with van der Waals surface area (Å²) in [6, 6.07) is 22.2. The van der Waals surface area contributed by atoms with Crippen LogP contribution in [-0.4, -0.2) is 35.1 Å². The Labute approximate surface area is 182 Å². The van der Waals surface area contributed by atoms with Crippen molar-refractivity contribution in [3.63, 3.8) is 0 Å². The van der Waals surface area contributed by atoms with E-state index in [0.717, 1.165) is 5.56 Å². The third-order valence-corrected chi connectivity index (χ3v) is 6.44. The van der Waals surface area contributed by atoms with Crippen LogP contribution in [0.15, 0.2) is 83.8 Å². The van der Waals surface area contributed by atoms with Crippen LogP contribution in [0, 0.1) is 0 Å². The van der Waals surface area contributed by atoms with E-state index < -0.39 is 10.0 Å². The highest BCUT2D eigenvalue weighted by molar-refractivity contribution is 7.92. The first-order valence-electron chi connectivity index (χ1n) is 9.57. The molecular weight excluding hydrogens is 416 g/mol. The largest absolute Gasteiger partial charge is 0.496 e. The van der Waals surface area contributed by atoms with Gasteiger partial charge in [0.1, 0.15) is 11.5 Å². The molecule has 0 aliphatic carbocycles. The van der Waals surface area contributed by atoms with Crippen molar-refractivity contribution in [2.24, 2.45) is 0 Å². The van der Waals surface area contributed by atoms with Gasteiger partial charge in [-0.2, -0.15) is 0 Å². The third-order valence-electron chi connectivity index (χ3n) is 4.64. The third kappa shape index (κ3) is 5.55. The molecule has 0 bridgehead atoms. The Bertz CT molecular complexity index is 1120. The van der Waals surface area contributed by atoms with Gasteiger partial charge in [-0.05, 0) is 42.5 Å². The van der Waals surface area contributed by atoms with E-state index in [1.807, 2.05) is 24.3 Å². The fourth-order valence-corrected chi connectivity index (χ4v) is 4.10. The van der Waals surface area contributed by atoms with Crippen molar-refractivity contribution in [1.29, 1.82) is 0 Å². The first kappa shape index (κ1) is 22.2. The zero-order valence-electron chi connectivity index (χ0n) is 17.3. The number of rotatable bonds is 9. The lowest BCUT2D eigenvalue weighted by Gasteiger charge is -2.19. The molecule has 3 rings (SSSR count). The van der Waals surface area contributed by atoms with Gasteiger partial charge in [-0.3, -0.25) is 9.10 Å². The number of amides is 1. The van der Waals surface area contributed by atoms with Crippen molar-refractivity contribution in [3.8, 4) is 11.5 Å². The number of hydrogen-bond acceptors (Lipinski definition) is 5. The number of benzene rings is 3. The van der Waals surface area contributed by atoms with E-state index in [0.29, 0.717) is 23.7 Å². The van der Waals surface area contributed by atoms with Gasteiger partial charge >= 0.3 is 0 Å². The Balaban J connectivity index is 1.55. The minimum Gasteiger partial charge on any atom is -0.496 e. The highest BCUT2D eigenvalue weighted by Gasteiger charge is 2.20. The average Bonchev–Trinajstić information content (AvgIpc) is 2.82. The number of nitrogens with one attached hydrogen (secondary N) is 1. The molecule has 0 aliphatic rings. The first-order valence-corrected chi connectivity index (χ1v) is 11.0. The minimum absolute atomic E-state index is 0.160. The zero-order chi connectivity index (χ0) is 22.3. The van der Waals surface area contributed by atoms with Gasteiger partial charge in [0.05, 0.1) is 17.7 Å². The van der Waals surface area contributed by atoms with Crippen LogP contribution >= 0.6 is 0 Å². The molecule has 0 aromatic heterocycles. The van der Waals surface area contributed by atoms with Crippen LogP contribution in [-0.2, 0) is 21.4 Å². The summed E-state index contributed by atoms with van der Waals surface area (Å²) in [6.07, 6.45) is 0. The number of nitrogens with zero attached hydrogens (tertiary/aromatic N) is 1. The van der Waals surface area contributed by atoms with Gasteiger partial charge in [-0.15, -0.1) is 0 Å². The molecule has 0 saturated heterocycles. The van der Waals surface area contributed by atoms with Gasteiger partial charge in [0, 0.05) is 19.2 Å². The number of hydrogen-bond donors (Lipinski definition) is 1. The number of anilines is 1. The van der Waals surface area contributed by atoms with Crippen molar-refractivity contribution in [3.05, 3.63) is 84.4 Å². The maximum absolute atomic E-state index is 12.7. The van der Waals surface area contributed by atoms with E-state index in [9.17, 15) is 13.2 Å². The van der Waals surface area contributed by atoms with Crippen molar-refractivity contribution in [2.75, 3.05) is 25.1 Å². The summed E-state index contributed by atoms with van der Waals surface area (Å²) in [5.41, 5.74) is 1.35. The second kappa shape index (κ2) is 9.99. The lowest BCUT2D eigenvalue weighted by molar-refractivity contribution is -0.123. The summed E-state index contributed by atoms with van der Waals surface area (Å²) in [6.45, 7) is 0.167. The molecular formula is C23H24N2O5S.